The lowest BCUT2D eigenvalue weighted by Crippen LogP contribution is -2.30. The molecule has 1 heterocycles. The zero-order valence-electron chi connectivity index (χ0n) is 15.0. The Labute approximate surface area is 156 Å². The van der Waals surface area contributed by atoms with Crippen LogP contribution in [-0.4, -0.2) is 37.8 Å². The predicted octanol–water partition coefficient (Wildman–Crippen LogP) is 3.07. The van der Waals surface area contributed by atoms with E-state index in [1.807, 2.05) is 37.3 Å². The third kappa shape index (κ3) is 4.17. The Balaban J connectivity index is 1.73. The van der Waals surface area contributed by atoms with Gasteiger partial charge in [-0.25, -0.2) is 4.68 Å². The Bertz CT molecular complexity index is 955. The molecule has 3 rings (SSSR count). The summed E-state index contributed by atoms with van der Waals surface area (Å²) in [7, 11) is 1.64. The summed E-state index contributed by atoms with van der Waals surface area (Å²) in [6.07, 6.45) is 1.60. The van der Waals surface area contributed by atoms with Crippen molar-refractivity contribution >= 4 is 11.6 Å². The van der Waals surface area contributed by atoms with Crippen LogP contribution in [-0.2, 0) is 6.54 Å². The highest BCUT2D eigenvalue weighted by molar-refractivity contribution is 5.92. The van der Waals surface area contributed by atoms with Gasteiger partial charge in [0.1, 0.15) is 0 Å². The fraction of sp³-hybridized carbons (Fsp3) is 0.211. The van der Waals surface area contributed by atoms with Crippen molar-refractivity contribution in [3.63, 3.8) is 0 Å². The molecule has 0 spiro atoms. The molecule has 0 aliphatic rings. The van der Waals surface area contributed by atoms with Gasteiger partial charge in [-0.3, -0.25) is 14.9 Å². The number of hydrogen-bond acceptors (Lipinski definition) is 5. The molecule has 0 aliphatic heterocycles. The van der Waals surface area contributed by atoms with E-state index in [4.69, 9.17) is 0 Å². The molecule has 8 heteroatoms. The molecular weight excluding hydrogens is 346 g/mol. The molecule has 0 bridgehead atoms. The van der Waals surface area contributed by atoms with E-state index in [0.717, 1.165) is 5.56 Å². The number of carbonyl (C=O) groups excluding carboxylic acids is 1. The molecule has 138 valence electrons. The summed E-state index contributed by atoms with van der Waals surface area (Å²) in [5.74, 6) is -0.298. The minimum Gasteiger partial charge on any atom is -0.333 e. The van der Waals surface area contributed by atoms with E-state index in [1.54, 1.807) is 30.1 Å². The first kappa shape index (κ1) is 18.2. The number of amides is 1. The number of nitrogens with zero attached hydrogens (tertiary/aromatic N) is 5. The Hall–Kier alpha value is -3.55. The van der Waals surface area contributed by atoms with Gasteiger partial charge in [0.25, 0.3) is 11.6 Å². The zero-order valence-corrected chi connectivity index (χ0v) is 15.0. The van der Waals surface area contributed by atoms with Crippen molar-refractivity contribution in [2.24, 2.45) is 0 Å². The second kappa shape index (κ2) is 7.77. The van der Waals surface area contributed by atoms with Gasteiger partial charge in [0, 0.05) is 19.2 Å². The summed E-state index contributed by atoms with van der Waals surface area (Å²) in [5, 5.41) is 18.9. The molecule has 27 heavy (non-hydrogen) atoms. The molecule has 0 saturated heterocycles. The molecule has 2 aromatic carbocycles. The number of aromatic nitrogens is 3. The van der Waals surface area contributed by atoms with Gasteiger partial charge in [-0.15, -0.1) is 5.10 Å². The summed E-state index contributed by atoms with van der Waals surface area (Å²) in [5.41, 5.74) is 1.95. The van der Waals surface area contributed by atoms with E-state index in [1.165, 1.54) is 17.0 Å². The molecule has 0 fully saturated rings. The summed E-state index contributed by atoms with van der Waals surface area (Å²) in [6.45, 7) is 2.33. The van der Waals surface area contributed by atoms with Crippen LogP contribution in [0.25, 0.3) is 0 Å². The number of nitro groups is 1. The van der Waals surface area contributed by atoms with Gasteiger partial charge in [0.2, 0.25) is 0 Å². The highest BCUT2D eigenvalue weighted by Gasteiger charge is 2.22. The molecule has 0 radical (unpaired) electrons. The van der Waals surface area contributed by atoms with E-state index in [-0.39, 0.29) is 23.3 Å². The second-order valence-electron chi connectivity index (χ2n) is 6.23. The van der Waals surface area contributed by atoms with Crippen molar-refractivity contribution in [2.45, 2.75) is 19.5 Å². The van der Waals surface area contributed by atoms with Gasteiger partial charge < -0.3 is 4.90 Å². The number of benzene rings is 2. The normalized spacial score (nSPS) is 11.8. The fourth-order valence-corrected chi connectivity index (χ4v) is 2.72. The highest BCUT2D eigenvalue weighted by atomic mass is 16.6. The first-order valence-electron chi connectivity index (χ1n) is 8.41. The van der Waals surface area contributed by atoms with E-state index in [2.05, 4.69) is 10.3 Å². The lowest BCUT2D eigenvalue weighted by atomic mass is 10.1. The van der Waals surface area contributed by atoms with Crippen LogP contribution in [0, 0.1) is 10.1 Å². The fourth-order valence-electron chi connectivity index (χ4n) is 2.72. The monoisotopic (exact) mass is 365 g/mol. The number of hydrogen-bond donors (Lipinski definition) is 0. The molecule has 0 N–H and O–H groups in total. The van der Waals surface area contributed by atoms with Gasteiger partial charge in [-0.2, -0.15) is 0 Å². The maximum Gasteiger partial charge on any atom is 0.276 e. The zero-order chi connectivity index (χ0) is 19.4. The number of non-ortho nitro benzene ring substituents is 1. The van der Waals surface area contributed by atoms with Crippen LogP contribution < -0.4 is 0 Å². The van der Waals surface area contributed by atoms with Crippen LogP contribution in [0.2, 0.25) is 0 Å². The van der Waals surface area contributed by atoms with Crippen molar-refractivity contribution in [1.29, 1.82) is 0 Å². The molecule has 0 aliphatic carbocycles. The van der Waals surface area contributed by atoms with Gasteiger partial charge in [-0.1, -0.05) is 47.7 Å². The molecule has 0 saturated carbocycles. The lowest BCUT2D eigenvalue weighted by molar-refractivity contribution is -0.384. The van der Waals surface area contributed by atoms with Gasteiger partial charge >= 0.3 is 0 Å². The van der Waals surface area contributed by atoms with E-state index in [0.29, 0.717) is 12.1 Å². The van der Waals surface area contributed by atoms with Crippen LogP contribution in [0.15, 0.2) is 60.8 Å². The molecule has 1 unspecified atom stereocenters. The average Bonchev–Trinajstić information content (AvgIpc) is 3.15. The Kier molecular flexibility index (Phi) is 5.25. The van der Waals surface area contributed by atoms with Gasteiger partial charge in [-0.05, 0) is 18.1 Å². The number of rotatable bonds is 6. The van der Waals surface area contributed by atoms with E-state index >= 15 is 0 Å². The lowest BCUT2D eigenvalue weighted by Gasteiger charge is -2.24. The predicted molar refractivity (Wildman–Crippen MR) is 99.2 cm³/mol. The SMILES string of the molecule is CC(c1cccc([N+](=O)[O-])c1)N(C)C(=O)c1cn(Cc2ccccc2)nn1. The number of nitro benzene ring substituents is 1. The van der Waals surface area contributed by atoms with Crippen LogP contribution in [0.1, 0.15) is 34.6 Å². The third-order valence-electron chi connectivity index (χ3n) is 4.41. The summed E-state index contributed by atoms with van der Waals surface area (Å²) < 4.78 is 1.61. The third-order valence-corrected chi connectivity index (χ3v) is 4.41. The summed E-state index contributed by atoms with van der Waals surface area (Å²) in [4.78, 5) is 24.7. The van der Waals surface area contributed by atoms with Crippen LogP contribution >= 0.6 is 0 Å². The Morgan fingerprint density at radius 1 is 1.22 bits per heavy atom. The van der Waals surface area contributed by atoms with Crippen molar-refractivity contribution < 1.29 is 9.72 Å². The van der Waals surface area contributed by atoms with E-state index in [9.17, 15) is 14.9 Å². The van der Waals surface area contributed by atoms with Crippen LogP contribution in [0.3, 0.4) is 0 Å². The van der Waals surface area contributed by atoms with Crippen molar-refractivity contribution in [1.82, 2.24) is 19.9 Å². The smallest absolute Gasteiger partial charge is 0.276 e. The van der Waals surface area contributed by atoms with Crippen LogP contribution in [0.5, 0.6) is 0 Å². The second-order valence-corrected chi connectivity index (χ2v) is 6.23. The summed E-state index contributed by atoms with van der Waals surface area (Å²) in [6, 6.07) is 15.7. The maximum atomic E-state index is 12.7. The standard InChI is InChI=1S/C19H19N5O3/c1-14(16-9-6-10-17(11-16)24(26)27)22(2)19(25)18-13-23(21-20-18)12-15-7-4-3-5-8-15/h3-11,13-14H,12H2,1-2H3. The first-order valence-corrected chi connectivity index (χ1v) is 8.41. The topological polar surface area (TPSA) is 94.2 Å². The molecule has 1 aromatic heterocycles. The molecule has 1 amide bonds. The molecular formula is C19H19N5O3. The van der Waals surface area contributed by atoms with E-state index < -0.39 is 4.92 Å². The molecule has 8 nitrogen and oxygen atoms in total. The van der Waals surface area contributed by atoms with Gasteiger partial charge in [0.15, 0.2) is 5.69 Å². The van der Waals surface area contributed by atoms with Crippen LogP contribution in [0.4, 0.5) is 5.69 Å². The van der Waals surface area contributed by atoms with Crippen molar-refractivity contribution in [3.05, 3.63) is 87.7 Å². The largest absolute Gasteiger partial charge is 0.333 e. The quantitative estimate of drug-likeness (QED) is 0.494. The highest BCUT2D eigenvalue weighted by Crippen LogP contribution is 2.24. The molecule has 1 atom stereocenters. The van der Waals surface area contributed by atoms with Crippen molar-refractivity contribution in [2.75, 3.05) is 7.05 Å². The van der Waals surface area contributed by atoms with Crippen molar-refractivity contribution in [3.8, 4) is 0 Å². The first-order chi connectivity index (χ1) is 13.0. The average molecular weight is 365 g/mol. The number of carbonyl (C=O) groups is 1. The van der Waals surface area contributed by atoms with Gasteiger partial charge in [0.05, 0.1) is 23.7 Å². The Morgan fingerprint density at radius 2 is 1.96 bits per heavy atom. The minimum atomic E-state index is -0.451. The molecule has 3 aromatic rings. The summed E-state index contributed by atoms with van der Waals surface area (Å²) >= 11 is 0. The maximum absolute atomic E-state index is 12.7. The minimum absolute atomic E-state index is 0.00555. The Morgan fingerprint density at radius 3 is 2.67 bits per heavy atom.